The number of hydrogen-bond acceptors (Lipinski definition) is 7. The van der Waals surface area contributed by atoms with Crippen LogP contribution in [0.4, 0.5) is 0 Å². The lowest BCUT2D eigenvalue weighted by molar-refractivity contribution is 0.0301. The van der Waals surface area contributed by atoms with E-state index in [2.05, 4.69) is 25.3 Å². The van der Waals surface area contributed by atoms with Crippen molar-refractivity contribution in [3.8, 4) is 0 Å². The van der Waals surface area contributed by atoms with Gasteiger partial charge in [-0.3, -0.25) is 14.6 Å². The molecule has 9 heteroatoms. The molecule has 1 saturated heterocycles. The number of aryl methyl sites for hydroxylation is 2. The number of carbonyl (C=O) groups is 2. The van der Waals surface area contributed by atoms with E-state index in [0.717, 1.165) is 5.69 Å². The maximum absolute atomic E-state index is 12.8. The summed E-state index contributed by atoms with van der Waals surface area (Å²) < 4.78 is 5.29. The number of rotatable bonds is 5. The Morgan fingerprint density at radius 1 is 1.11 bits per heavy atom. The first-order valence-corrected chi connectivity index (χ1v) is 8.81. The molecule has 0 radical (unpaired) electrons. The fourth-order valence-corrected chi connectivity index (χ4v) is 2.72. The second-order valence-corrected chi connectivity index (χ2v) is 6.23. The van der Waals surface area contributed by atoms with Crippen molar-refractivity contribution in [2.24, 2.45) is 0 Å². The molecule has 2 amide bonds. The van der Waals surface area contributed by atoms with Crippen LogP contribution < -0.4 is 5.32 Å². The molecule has 1 aliphatic heterocycles. The number of carbonyl (C=O) groups excluding carboxylic acids is 2. The number of ether oxygens (including phenoxy) is 1. The van der Waals surface area contributed by atoms with E-state index in [1.165, 1.54) is 6.20 Å². The Bertz CT molecular complexity index is 818. The van der Waals surface area contributed by atoms with Gasteiger partial charge in [-0.15, -0.1) is 0 Å². The monoisotopic (exact) mass is 370 g/mol. The molecule has 3 heterocycles. The highest BCUT2D eigenvalue weighted by Gasteiger charge is 2.22. The summed E-state index contributed by atoms with van der Waals surface area (Å²) in [7, 11) is 0. The molecule has 0 spiro atoms. The summed E-state index contributed by atoms with van der Waals surface area (Å²) >= 11 is 0. The van der Waals surface area contributed by atoms with E-state index < -0.39 is 0 Å². The Balaban J connectivity index is 1.65. The Morgan fingerprint density at radius 3 is 2.59 bits per heavy atom. The molecule has 142 valence electrons. The minimum atomic E-state index is -0.311. The van der Waals surface area contributed by atoms with Gasteiger partial charge in [0, 0.05) is 38.4 Å². The molecule has 0 aromatic carbocycles. The second-order valence-electron chi connectivity index (χ2n) is 6.23. The Kier molecular flexibility index (Phi) is 6.02. The molecule has 0 aliphatic carbocycles. The molecular formula is C18H22N6O3. The highest BCUT2D eigenvalue weighted by molar-refractivity contribution is 5.95. The summed E-state index contributed by atoms with van der Waals surface area (Å²) in [6, 6.07) is 0. The van der Waals surface area contributed by atoms with Gasteiger partial charge < -0.3 is 15.0 Å². The van der Waals surface area contributed by atoms with Gasteiger partial charge in [0.15, 0.2) is 0 Å². The molecule has 1 N–H and O–H groups in total. The lowest BCUT2D eigenvalue weighted by atomic mass is 10.1. The average Bonchev–Trinajstić information content (AvgIpc) is 2.69. The van der Waals surface area contributed by atoms with E-state index in [0.29, 0.717) is 56.4 Å². The maximum Gasteiger partial charge on any atom is 0.271 e. The number of morpholine rings is 1. The molecule has 3 rings (SSSR count). The smallest absolute Gasteiger partial charge is 0.271 e. The highest BCUT2D eigenvalue weighted by atomic mass is 16.5. The van der Waals surface area contributed by atoms with Crippen molar-refractivity contribution in [1.29, 1.82) is 0 Å². The van der Waals surface area contributed by atoms with Gasteiger partial charge in [0.05, 0.1) is 36.4 Å². The van der Waals surface area contributed by atoms with Crippen LogP contribution in [0, 0.1) is 13.8 Å². The standard InChI is InChI=1S/C18H22N6O3/c1-12-9-22-16(11-20-12)17(25)19-4-3-15-14(10-21-13(2)23-15)18(26)24-5-7-27-8-6-24/h9-11H,3-8H2,1-2H3,(H,19,25). The molecule has 27 heavy (non-hydrogen) atoms. The molecule has 2 aromatic rings. The first kappa shape index (κ1) is 18.8. The maximum atomic E-state index is 12.8. The predicted molar refractivity (Wildman–Crippen MR) is 96.3 cm³/mol. The van der Waals surface area contributed by atoms with Crippen LogP contribution in [0.2, 0.25) is 0 Å². The Labute approximate surface area is 157 Å². The van der Waals surface area contributed by atoms with E-state index in [1.54, 1.807) is 31.1 Å². The van der Waals surface area contributed by atoms with E-state index in [-0.39, 0.29) is 17.5 Å². The van der Waals surface area contributed by atoms with Gasteiger partial charge in [-0.2, -0.15) is 0 Å². The number of hydrogen-bond donors (Lipinski definition) is 1. The number of nitrogens with one attached hydrogen (secondary N) is 1. The molecule has 0 bridgehead atoms. The largest absolute Gasteiger partial charge is 0.378 e. The summed E-state index contributed by atoms with van der Waals surface area (Å²) in [4.78, 5) is 43.3. The zero-order chi connectivity index (χ0) is 19.2. The SMILES string of the molecule is Cc1cnc(C(=O)NCCc2nc(C)ncc2C(=O)N2CCOCC2)cn1. The van der Waals surface area contributed by atoms with Gasteiger partial charge in [-0.05, 0) is 13.8 Å². The summed E-state index contributed by atoms with van der Waals surface area (Å²) in [5.41, 5.74) is 2.08. The van der Waals surface area contributed by atoms with Crippen molar-refractivity contribution < 1.29 is 14.3 Å². The van der Waals surface area contributed by atoms with Crippen molar-refractivity contribution >= 4 is 11.8 Å². The molecular weight excluding hydrogens is 348 g/mol. The highest BCUT2D eigenvalue weighted by Crippen LogP contribution is 2.11. The van der Waals surface area contributed by atoms with Crippen LogP contribution in [0.25, 0.3) is 0 Å². The fraction of sp³-hybridized carbons (Fsp3) is 0.444. The minimum Gasteiger partial charge on any atom is -0.378 e. The van der Waals surface area contributed by atoms with Crippen LogP contribution in [0.1, 0.15) is 38.1 Å². The van der Waals surface area contributed by atoms with Crippen molar-refractivity contribution in [2.45, 2.75) is 20.3 Å². The number of nitrogens with zero attached hydrogens (tertiary/aromatic N) is 5. The van der Waals surface area contributed by atoms with Crippen molar-refractivity contribution in [2.75, 3.05) is 32.8 Å². The first-order chi connectivity index (χ1) is 13.0. The normalized spacial score (nSPS) is 14.1. The Morgan fingerprint density at radius 2 is 1.89 bits per heavy atom. The van der Waals surface area contributed by atoms with E-state index in [9.17, 15) is 9.59 Å². The van der Waals surface area contributed by atoms with E-state index >= 15 is 0 Å². The fourth-order valence-electron chi connectivity index (χ4n) is 2.72. The minimum absolute atomic E-state index is 0.107. The zero-order valence-corrected chi connectivity index (χ0v) is 15.4. The quantitative estimate of drug-likeness (QED) is 0.807. The molecule has 9 nitrogen and oxygen atoms in total. The molecule has 0 unspecified atom stereocenters. The zero-order valence-electron chi connectivity index (χ0n) is 15.4. The lowest BCUT2D eigenvalue weighted by Gasteiger charge is -2.27. The van der Waals surface area contributed by atoms with Crippen LogP contribution in [0.15, 0.2) is 18.6 Å². The predicted octanol–water partition coefficient (Wildman–Crippen LogP) is 0.328. The third kappa shape index (κ3) is 4.82. The molecule has 0 saturated carbocycles. The van der Waals surface area contributed by atoms with Gasteiger partial charge >= 0.3 is 0 Å². The summed E-state index contributed by atoms with van der Waals surface area (Å²) in [5, 5.41) is 2.79. The molecule has 1 fully saturated rings. The van der Waals surface area contributed by atoms with Crippen molar-refractivity contribution in [3.05, 3.63) is 47.1 Å². The number of amides is 2. The van der Waals surface area contributed by atoms with E-state index in [1.807, 2.05) is 0 Å². The molecule has 2 aromatic heterocycles. The van der Waals surface area contributed by atoms with Gasteiger partial charge in [0.25, 0.3) is 11.8 Å². The van der Waals surface area contributed by atoms with Crippen LogP contribution in [-0.4, -0.2) is 69.5 Å². The number of aromatic nitrogens is 4. The summed E-state index contributed by atoms with van der Waals surface area (Å²) in [6.07, 6.45) is 4.96. The first-order valence-electron chi connectivity index (χ1n) is 8.81. The summed E-state index contributed by atoms with van der Waals surface area (Å²) in [5.74, 6) is 0.164. The van der Waals surface area contributed by atoms with Gasteiger partial charge in [-0.25, -0.2) is 15.0 Å². The topological polar surface area (TPSA) is 110 Å². The Hall–Kier alpha value is -2.94. The summed E-state index contributed by atoms with van der Waals surface area (Å²) in [6.45, 7) is 6.06. The third-order valence-corrected chi connectivity index (χ3v) is 4.18. The van der Waals surface area contributed by atoms with Crippen LogP contribution in [0.3, 0.4) is 0 Å². The second kappa shape index (κ2) is 8.63. The average molecular weight is 370 g/mol. The van der Waals surface area contributed by atoms with Gasteiger partial charge in [-0.1, -0.05) is 0 Å². The van der Waals surface area contributed by atoms with E-state index in [4.69, 9.17) is 4.74 Å². The molecule has 1 aliphatic rings. The van der Waals surface area contributed by atoms with Crippen LogP contribution in [0.5, 0.6) is 0 Å². The molecule has 0 atom stereocenters. The van der Waals surface area contributed by atoms with Gasteiger partial charge in [0.1, 0.15) is 11.5 Å². The van der Waals surface area contributed by atoms with Crippen LogP contribution >= 0.6 is 0 Å². The van der Waals surface area contributed by atoms with Crippen molar-refractivity contribution in [3.63, 3.8) is 0 Å². The van der Waals surface area contributed by atoms with Crippen molar-refractivity contribution in [1.82, 2.24) is 30.2 Å². The van der Waals surface area contributed by atoms with Crippen LogP contribution in [-0.2, 0) is 11.2 Å². The lowest BCUT2D eigenvalue weighted by Crippen LogP contribution is -2.41. The third-order valence-electron chi connectivity index (χ3n) is 4.18. The van der Waals surface area contributed by atoms with Gasteiger partial charge in [0.2, 0.25) is 0 Å².